The maximum absolute atomic E-state index is 6.13. The minimum absolute atomic E-state index is 0.0197. The molecule has 0 amide bonds. The summed E-state index contributed by atoms with van der Waals surface area (Å²) in [6.45, 7) is 24.3. The van der Waals surface area contributed by atoms with Crippen LogP contribution in [-0.2, 0) is 4.74 Å². The van der Waals surface area contributed by atoms with Gasteiger partial charge in [-0.05, 0) is 149 Å². The number of hydrogen-bond donors (Lipinski definition) is 0. The second-order valence-electron chi connectivity index (χ2n) is 13.9. The van der Waals surface area contributed by atoms with Crippen molar-refractivity contribution < 1.29 is 4.74 Å². The van der Waals surface area contributed by atoms with E-state index >= 15 is 0 Å². The van der Waals surface area contributed by atoms with Gasteiger partial charge in [-0.2, -0.15) is 0 Å². The van der Waals surface area contributed by atoms with Crippen LogP contribution < -0.4 is 0 Å². The number of rotatable bonds is 5. The fourth-order valence-electron chi connectivity index (χ4n) is 6.86. The van der Waals surface area contributed by atoms with Crippen LogP contribution in [0.4, 0.5) is 0 Å². The average Bonchev–Trinajstić information content (AvgIpc) is 2.68. The van der Waals surface area contributed by atoms with Crippen molar-refractivity contribution in [1.29, 1.82) is 0 Å². The van der Waals surface area contributed by atoms with Gasteiger partial charge in [-0.1, -0.05) is 0 Å². The molecule has 1 saturated carbocycles. The van der Waals surface area contributed by atoms with Crippen molar-refractivity contribution >= 4 is 0 Å². The van der Waals surface area contributed by atoms with E-state index in [-0.39, 0.29) is 5.60 Å². The molecule has 0 aromatic carbocycles. The Hall–Kier alpha value is -0.160. The molecule has 0 aromatic rings. The van der Waals surface area contributed by atoms with E-state index in [2.05, 4.69) is 56.2 Å². The van der Waals surface area contributed by atoms with Crippen LogP contribution in [0.5, 0.6) is 0 Å². The summed E-state index contributed by atoms with van der Waals surface area (Å²) in [5, 5.41) is 0. The third-order valence-corrected chi connectivity index (χ3v) is 9.14. The van der Waals surface area contributed by atoms with Gasteiger partial charge < -0.3 is 14.5 Å². The molecule has 1 spiro atoms. The molecule has 0 radical (unpaired) electrons. The lowest BCUT2D eigenvalue weighted by atomic mass is 9.70. The summed E-state index contributed by atoms with van der Waals surface area (Å²) >= 11 is 0. The Morgan fingerprint density at radius 1 is 0.688 bits per heavy atom. The zero-order valence-corrected chi connectivity index (χ0v) is 22.3. The summed E-state index contributed by atoms with van der Waals surface area (Å²) in [6, 6.07) is 0. The molecular weight excluding hydrogens is 394 g/mol. The van der Waals surface area contributed by atoms with Crippen LogP contribution in [0.3, 0.4) is 0 Å². The Morgan fingerprint density at radius 3 is 1.72 bits per heavy atom. The van der Waals surface area contributed by atoms with E-state index in [0.717, 1.165) is 11.8 Å². The molecule has 0 bridgehead atoms. The Kier molecular flexibility index (Phi) is 7.67. The molecule has 186 valence electrons. The maximum atomic E-state index is 6.13. The summed E-state index contributed by atoms with van der Waals surface area (Å²) < 4.78 is 6.13. The van der Waals surface area contributed by atoms with Crippen LogP contribution in [0.25, 0.3) is 0 Å². The highest BCUT2D eigenvalue weighted by molar-refractivity contribution is 4.94. The van der Waals surface area contributed by atoms with Gasteiger partial charge in [-0.25, -0.2) is 0 Å². The van der Waals surface area contributed by atoms with Crippen molar-refractivity contribution in [3.05, 3.63) is 0 Å². The van der Waals surface area contributed by atoms with Gasteiger partial charge >= 0.3 is 0 Å². The molecule has 0 aromatic heterocycles. The first-order valence-electron chi connectivity index (χ1n) is 13.9. The highest BCUT2D eigenvalue weighted by atomic mass is 16.5. The molecule has 4 rings (SSSR count). The van der Waals surface area contributed by atoms with Gasteiger partial charge in [0.25, 0.3) is 0 Å². The van der Waals surface area contributed by atoms with Crippen LogP contribution in [0.2, 0.25) is 0 Å². The SMILES string of the molecule is CC(C)(C)OC1CC(CN2CCC(CN3CCC4(CC3)CCN(C(C)(C)C)CC4)CC2)C1. The molecular formula is C28H53N3O. The van der Waals surface area contributed by atoms with Crippen LogP contribution in [0, 0.1) is 17.3 Å². The van der Waals surface area contributed by atoms with Gasteiger partial charge in [0.15, 0.2) is 0 Å². The van der Waals surface area contributed by atoms with Crippen molar-refractivity contribution in [2.24, 2.45) is 17.3 Å². The molecule has 32 heavy (non-hydrogen) atoms. The molecule has 4 nitrogen and oxygen atoms in total. The van der Waals surface area contributed by atoms with Crippen LogP contribution in [0.15, 0.2) is 0 Å². The Labute approximate surface area is 199 Å². The van der Waals surface area contributed by atoms with Crippen molar-refractivity contribution in [2.75, 3.05) is 52.4 Å². The van der Waals surface area contributed by atoms with Gasteiger partial charge in [-0.3, -0.25) is 4.90 Å². The largest absolute Gasteiger partial charge is 0.373 e. The molecule has 0 atom stereocenters. The number of hydrogen-bond acceptors (Lipinski definition) is 4. The monoisotopic (exact) mass is 447 g/mol. The van der Waals surface area contributed by atoms with Crippen molar-refractivity contribution in [2.45, 2.75) is 110 Å². The van der Waals surface area contributed by atoms with Gasteiger partial charge in [0.05, 0.1) is 11.7 Å². The first-order valence-corrected chi connectivity index (χ1v) is 13.9. The Morgan fingerprint density at radius 2 is 1.19 bits per heavy atom. The van der Waals surface area contributed by atoms with Crippen LogP contribution in [0.1, 0.15) is 92.9 Å². The zero-order valence-electron chi connectivity index (χ0n) is 22.3. The van der Waals surface area contributed by atoms with E-state index in [1.807, 2.05) is 0 Å². The normalized spacial score (nSPS) is 31.7. The zero-order chi connectivity index (χ0) is 23.0. The predicted molar refractivity (Wildman–Crippen MR) is 135 cm³/mol. The number of ether oxygens (including phenoxy) is 1. The van der Waals surface area contributed by atoms with Crippen molar-refractivity contribution in [1.82, 2.24) is 14.7 Å². The molecule has 0 N–H and O–H groups in total. The lowest BCUT2D eigenvalue weighted by molar-refractivity contribution is -0.116. The summed E-state index contributed by atoms with van der Waals surface area (Å²) in [7, 11) is 0. The average molecular weight is 448 g/mol. The van der Waals surface area contributed by atoms with Gasteiger partial charge in [0, 0.05) is 18.6 Å². The first kappa shape index (κ1) is 24.9. The fraction of sp³-hybridized carbons (Fsp3) is 1.00. The summed E-state index contributed by atoms with van der Waals surface area (Å²) in [6.07, 6.45) is 11.7. The Bertz CT molecular complexity index is 575. The molecule has 3 saturated heterocycles. The lowest BCUT2D eigenvalue weighted by Crippen LogP contribution is -2.52. The maximum Gasteiger partial charge on any atom is 0.0602 e. The molecule has 4 aliphatic rings. The lowest BCUT2D eigenvalue weighted by Gasteiger charge is -2.50. The smallest absolute Gasteiger partial charge is 0.0602 e. The Balaban J connectivity index is 1.10. The highest BCUT2D eigenvalue weighted by Crippen LogP contribution is 2.43. The summed E-state index contributed by atoms with van der Waals surface area (Å²) in [4.78, 5) is 8.28. The minimum Gasteiger partial charge on any atom is -0.373 e. The fourth-order valence-corrected chi connectivity index (χ4v) is 6.86. The summed E-state index contributed by atoms with van der Waals surface area (Å²) in [5.74, 6) is 1.81. The van der Waals surface area contributed by atoms with Crippen molar-refractivity contribution in [3.63, 3.8) is 0 Å². The number of likely N-dealkylation sites (tertiary alicyclic amines) is 3. The van der Waals surface area contributed by atoms with E-state index in [1.165, 1.54) is 104 Å². The molecule has 3 aliphatic heterocycles. The number of piperidine rings is 3. The molecule has 0 unspecified atom stereocenters. The summed E-state index contributed by atoms with van der Waals surface area (Å²) in [5.41, 5.74) is 1.03. The minimum atomic E-state index is 0.0197. The topological polar surface area (TPSA) is 19.0 Å². The van der Waals surface area contributed by atoms with E-state index in [9.17, 15) is 0 Å². The third kappa shape index (κ3) is 6.71. The van der Waals surface area contributed by atoms with E-state index in [4.69, 9.17) is 4.74 Å². The van der Waals surface area contributed by atoms with Gasteiger partial charge in [0.2, 0.25) is 0 Å². The standard InChI is InChI=1S/C28H53N3O/c1-26(2,3)31-17-11-28(12-18-31)9-15-30(16-10-28)21-23-7-13-29(14-8-23)22-24-19-25(20-24)32-27(4,5)6/h23-25H,7-22H2,1-6H3. The second kappa shape index (κ2) is 9.84. The van der Waals surface area contributed by atoms with Crippen LogP contribution >= 0.6 is 0 Å². The molecule has 4 fully saturated rings. The van der Waals surface area contributed by atoms with Crippen LogP contribution in [-0.4, -0.2) is 84.3 Å². The molecule has 1 aliphatic carbocycles. The van der Waals surface area contributed by atoms with Gasteiger partial charge in [0.1, 0.15) is 0 Å². The van der Waals surface area contributed by atoms with E-state index < -0.39 is 0 Å². The molecule has 4 heteroatoms. The second-order valence-corrected chi connectivity index (χ2v) is 13.9. The van der Waals surface area contributed by atoms with Crippen molar-refractivity contribution in [3.8, 4) is 0 Å². The quantitative estimate of drug-likeness (QED) is 0.571. The van der Waals surface area contributed by atoms with E-state index in [1.54, 1.807) is 0 Å². The third-order valence-electron chi connectivity index (χ3n) is 9.14. The molecule has 3 heterocycles. The van der Waals surface area contributed by atoms with E-state index in [0.29, 0.717) is 17.1 Å². The first-order chi connectivity index (χ1) is 15.0. The highest BCUT2D eigenvalue weighted by Gasteiger charge is 2.40. The van der Waals surface area contributed by atoms with Gasteiger partial charge in [-0.15, -0.1) is 0 Å². The predicted octanol–water partition coefficient (Wildman–Crippen LogP) is 5.27. The number of nitrogens with zero attached hydrogens (tertiary/aromatic N) is 3.